The van der Waals surface area contributed by atoms with Crippen molar-refractivity contribution in [2.45, 2.75) is 13.8 Å². The number of Topliss-reactive ketones (excluding diaryl/α,β-unsaturated/α-hetero) is 1. The van der Waals surface area contributed by atoms with Crippen LogP contribution in [0.5, 0.6) is 0 Å². The van der Waals surface area contributed by atoms with Crippen LogP contribution in [0.25, 0.3) is 0 Å². The second-order valence-corrected chi connectivity index (χ2v) is 3.52. The summed E-state index contributed by atoms with van der Waals surface area (Å²) >= 11 is 0. The summed E-state index contributed by atoms with van der Waals surface area (Å²) in [6.07, 6.45) is 0. The Morgan fingerprint density at radius 3 is 2.69 bits per heavy atom. The lowest BCUT2D eigenvalue weighted by molar-refractivity contribution is 0.0736. The fraction of sp³-hybridized carbons (Fsp3) is 0.333. The Labute approximate surface area is 95.3 Å². The van der Waals surface area contributed by atoms with Crippen LogP contribution in [-0.2, 0) is 4.84 Å². The zero-order chi connectivity index (χ0) is 12.0. The van der Waals surface area contributed by atoms with Gasteiger partial charge in [-0.1, -0.05) is 12.1 Å². The molecule has 1 aromatic rings. The number of rotatable bonds is 5. The molecule has 0 spiro atoms. The van der Waals surface area contributed by atoms with Crippen LogP contribution in [0.1, 0.15) is 24.2 Å². The monoisotopic (exact) mass is 220 g/mol. The molecule has 1 N–H and O–H groups in total. The molecular weight excluding hydrogens is 204 g/mol. The van der Waals surface area contributed by atoms with E-state index in [9.17, 15) is 4.79 Å². The minimum atomic E-state index is -0.0394. The van der Waals surface area contributed by atoms with Crippen molar-refractivity contribution >= 4 is 17.2 Å². The van der Waals surface area contributed by atoms with Crippen LogP contribution >= 0.6 is 0 Å². The molecule has 0 aliphatic carbocycles. The van der Waals surface area contributed by atoms with E-state index >= 15 is 0 Å². The Bertz CT molecular complexity index is 396. The van der Waals surface area contributed by atoms with Crippen molar-refractivity contribution in [3.05, 3.63) is 29.8 Å². The molecule has 0 aromatic heterocycles. The van der Waals surface area contributed by atoms with Gasteiger partial charge in [-0.15, -0.1) is 0 Å². The van der Waals surface area contributed by atoms with Crippen LogP contribution in [0.3, 0.4) is 0 Å². The van der Waals surface area contributed by atoms with Gasteiger partial charge in [-0.05, 0) is 26.0 Å². The van der Waals surface area contributed by atoms with E-state index in [1.807, 2.05) is 32.0 Å². The van der Waals surface area contributed by atoms with E-state index in [0.717, 1.165) is 5.71 Å². The largest absolute Gasteiger partial charge is 0.305 e. The molecule has 0 fully saturated rings. The van der Waals surface area contributed by atoms with Crippen molar-refractivity contribution in [2.75, 3.05) is 13.7 Å². The zero-order valence-corrected chi connectivity index (χ0v) is 9.78. The van der Waals surface area contributed by atoms with Gasteiger partial charge in [-0.25, -0.2) is 0 Å². The maximum Gasteiger partial charge on any atom is 0.181 e. The van der Waals surface area contributed by atoms with E-state index in [-0.39, 0.29) is 12.3 Å². The molecule has 0 heterocycles. The van der Waals surface area contributed by atoms with Crippen molar-refractivity contribution in [3.63, 3.8) is 0 Å². The number of aliphatic imine (C=N–C) groups is 1. The summed E-state index contributed by atoms with van der Waals surface area (Å²) in [4.78, 5) is 20.8. The molecule has 0 aliphatic rings. The van der Waals surface area contributed by atoms with E-state index in [1.54, 1.807) is 6.07 Å². The summed E-state index contributed by atoms with van der Waals surface area (Å²) in [5.74, 6) is -0.0394. The number of carbonyl (C=O) groups excluding carboxylic acids is 1. The molecule has 4 nitrogen and oxygen atoms in total. The quantitative estimate of drug-likeness (QED) is 0.470. The van der Waals surface area contributed by atoms with E-state index in [0.29, 0.717) is 11.3 Å². The van der Waals surface area contributed by atoms with Crippen molar-refractivity contribution in [1.29, 1.82) is 0 Å². The predicted molar refractivity (Wildman–Crippen MR) is 64.2 cm³/mol. The number of nitrogens with zero attached hydrogens (tertiary/aromatic N) is 1. The molecule has 0 unspecified atom stereocenters. The molecule has 4 heteroatoms. The Balaban J connectivity index is 2.94. The molecule has 86 valence electrons. The molecule has 0 radical (unpaired) electrons. The lowest BCUT2D eigenvalue weighted by Gasteiger charge is -2.05. The average Bonchev–Trinajstić information content (AvgIpc) is 2.26. The second kappa shape index (κ2) is 6.15. The molecule has 0 aliphatic heterocycles. The minimum absolute atomic E-state index is 0.0394. The first-order valence-electron chi connectivity index (χ1n) is 5.05. The van der Waals surface area contributed by atoms with Gasteiger partial charge in [0.05, 0.1) is 19.3 Å². The first-order valence-corrected chi connectivity index (χ1v) is 5.05. The zero-order valence-electron chi connectivity index (χ0n) is 9.78. The Hall–Kier alpha value is -1.52. The van der Waals surface area contributed by atoms with Gasteiger partial charge in [0.25, 0.3) is 0 Å². The van der Waals surface area contributed by atoms with E-state index < -0.39 is 0 Å². The highest BCUT2D eigenvalue weighted by molar-refractivity contribution is 6.02. The molecule has 0 atom stereocenters. The third kappa shape index (κ3) is 3.56. The summed E-state index contributed by atoms with van der Waals surface area (Å²) in [5, 5.41) is 0. The van der Waals surface area contributed by atoms with Crippen LogP contribution in [0.15, 0.2) is 29.3 Å². The average molecular weight is 220 g/mol. The first kappa shape index (κ1) is 12.5. The number of hydrogen-bond acceptors (Lipinski definition) is 4. The Kier molecular flexibility index (Phi) is 4.82. The maximum atomic E-state index is 11.8. The summed E-state index contributed by atoms with van der Waals surface area (Å²) < 4.78 is 0. The van der Waals surface area contributed by atoms with E-state index in [2.05, 4.69) is 15.3 Å². The molecule has 16 heavy (non-hydrogen) atoms. The van der Waals surface area contributed by atoms with Crippen LogP contribution in [0.2, 0.25) is 0 Å². The Morgan fingerprint density at radius 2 is 2.06 bits per heavy atom. The topological polar surface area (TPSA) is 50.7 Å². The smallest absolute Gasteiger partial charge is 0.181 e. The number of benzene rings is 1. The van der Waals surface area contributed by atoms with E-state index in [4.69, 9.17) is 0 Å². The number of nitrogens with one attached hydrogen (secondary N) is 1. The third-order valence-corrected chi connectivity index (χ3v) is 1.93. The lowest BCUT2D eigenvalue weighted by atomic mass is 10.1. The summed E-state index contributed by atoms with van der Waals surface area (Å²) in [6, 6.07) is 7.28. The van der Waals surface area contributed by atoms with Crippen LogP contribution in [0.4, 0.5) is 5.69 Å². The number of carbonyl (C=O) groups is 1. The highest BCUT2D eigenvalue weighted by Gasteiger charge is 2.09. The number of hydrogen-bond donors (Lipinski definition) is 1. The van der Waals surface area contributed by atoms with Gasteiger partial charge in [0.2, 0.25) is 0 Å². The summed E-state index contributed by atoms with van der Waals surface area (Å²) in [7, 11) is 1.48. The van der Waals surface area contributed by atoms with E-state index in [1.165, 1.54) is 7.11 Å². The summed E-state index contributed by atoms with van der Waals surface area (Å²) in [6.45, 7) is 3.94. The minimum Gasteiger partial charge on any atom is -0.305 e. The van der Waals surface area contributed by atoms with Gasteiger partial charge in [-0.2, -0.15) is 5.48 Å². The summed E-state index contributed by atoms with van der Waals surface area (Å²) in [5.41, 5.74) is 4.75. The molecule has 1 aromatic carbocycles. The van der Waals surface area contributed by atoms with Crippen molar-refractivity contribution in [3.8, 4) is 0 Å². The molecule has 0 saturated heterocycles. The fourth-order valence-electron chi connectivity index (χ4n) is 1.28. The van der Waals surface area contributed by atoms with Gasteiger partial charge < -0.3 is 4.84 Å². The highest BCUT2D eigenvalue weighted by atomic mass is 16.6. The van der Waals surface area contributed by atoms with Gasteiger partial charge in [0, 0.05) is 11.3 Å². The fourth-order valence-corrected chi connectivity index (χ4v) is 1.28. The van der Waals surface area contributed by atoms with Crippen LogP contribution < -0.4 is 5.48 Å². The lowest BCUT2D eigenvalue weighted by Crippen LogP contribution is -2.21. The number of ketones is 1. The van der Waals surface area contributed by atoms with Crippen molar-refractivity contribution < 1.29 is 9.63 Å². The third-order valence-electron chi connectivity index (χ3n) is 1.93. The van der Waals surface area contributed by atoms with Crippen LogP contribution in [0, 0.1) is 0 Å². The maximum absolute atomic E-state index is 11.8. The standard InChI is InChI=1S/C12H16N2O2/c1-9(2)14-11-7-5-4-6-10(11)12(15)8-13-16-3/h4-7,13H,8H2,1-3H3. The predicted octanol–water partition coefficient (Wildman–Crippen LogP) is 2.13. The molecule has 1 rings (SSSR count). The van der Waals surface area contributed by atoms with Gasteiger partial charge in [0.15, 0.2) is 5.78 Å². The highest BCUT2D eigenvalue weighted by Crippen LogP contribution is 2.19. The van der Waals surface area contributed by atoms with Gasteiger partial charge in [-0.3, -0.25) is 9.79 Å². The number of hydroxylamine groups is 1. The molecule has 0 bridgehead atoms. The van der Waals surface area contributed by atoms with Crippen molar-refractivity contribution in [2.24, 2.45) is 4.99 Å². The number of para-hydroxylation sites is 1. The normalized spacial score (nSPS) is 9.94. The van der Waals surface area contributed by atoms with Gasteiger partial charge in [0.1, 0.15) is 0 Å². The molecule has 0 saturated carbocycles. The van der Waals surface area contributed by atoms with Crippen molar-refractivity contribution in [1.82, 2.24) is 5.48 Å². The van der Waals surface area contributed by atoms with Gasteiger partial charge >= 0.3 is 0 Å². The first-order chi connectivity index (χ1) is 7.65. The SMILES string of the molecule is CONCC(=O)c1ccccc1N=C(C)C. The second-order valence-electron chi connectivity index (χ2n) is 3.52. The van der Waals surface area contributed by atoms with Crippen LogP contribution in [-0.4, -0.2) is 25.1 Å². The molecule has 0 amide bonds. The molecular formula is C12H16N2O2. The Morgan fingerprint density at radius 1 is 1.38 bits per heavy atom.